The monoisotopic (exact) mass is 328 g/mol. The van der Waals surface area contributed by atoms with Gasteiger partial charge in [-0.05, 0) is 36.6 Å². The number of H-pyrrole nitrogens is 1. The van der Waals surface area contributed by atoms with Crippen molar-refractivity contribution in [3.8, 4) is 11.3 Å². The molecule has 0 spiro atoms. The number of nitrogens with one attached hydrogen (secondary N) is 1. The molecule has 0 radical (unpaired) electrons. The second kappa shape index (κ2) is 5.84. The molecular weight excluding hydrogens is 312 g/mol. The zero-order valence-electron chi connectivity index (χ0n) is 12.4. The number of pyridine rings is 1. The van der Waals surface area contributed by atoms with E-state index in [2.05, 4.69) is 4.98 Å². The van der Waals surface area contributed by atoms with Crippen molar-refractivity contribution < 1.29 is 4.74 Å². The molecule has 0 amide bonds. The highest BCUT2D eigenvalue weighted by Gasteiger charge is 2.23. The quantitative estimate of drug-likeness (QED) is 0.721. The maximum atomic E-state index is 12.4. The molecule has 1 atom stereocenters. The second-order valence-corrected chi connectivity index (χ2v) is 6.23. The van der Waals surface area contributed by atoms with Crippen molar-refractivity contribution >= 4 is 22.9 Å². The van der Waals surface area contributed by atoms with Crippen LogP contribution >= 0.6 is 11.9 Å². The summed E-state index contributed by atoms with van der Waals surface area (Å²) >= 11 is 1.20. The zero-order chi connectivity index (χ0) is 15.8. The maximum Gasteiger partial charge on any atom is 0.259 e. The molecule has 6 nitrogen and oxygen atoms in total. The molecule has 3 N–H and O–H groups in total. The standard InChI is InChI=1S/C16H16N4O2S/c17-23-12-3-1-10(2-4-12)15-14-13(5-7-18-16(14)21)20(19-15)11-6-8-22-9-11/h1-5,7,11H,6,8-9,17H2,(H,18,21). The van der Waals surface area contributed by atoms with Gasteiger partial charge in [0.1, 0.15) is 5.69 Å². The van der Waals surface area contributed by atoms with Gasteiger partial charge in [0, 0.05) is 23.3 Å². The Morgan fingerprint density at radius 2 is 2.13 bits per heavy atom. The molecule has 23 heavy (non-hydrogen) atoms. The fraction of sp³-hybridized carbons (Fsp3) is 0.250. The summed E-state index contributed by atoms with van der Waals surface area (Å²) in [5, 5.41) is 10.9. The van der Waals surface area contributed by atoms with Crippen molar-refractivity contribution in [2.75, 3.05) is 13.2 Å². The van der Waals surface area contributed by atoms with Crippen LogP contribution in [0.2, 0.25) is 0 Å². The Hall–Kier alpha value is -2.09. The molecule has 1 saturated heterocycles. The van der Waals surface area contributed by atoms with Crippen LogP contribution in [0.15, 0.2) is 46.2 Å². The Kier molecular flexibility index (Phi) is 3.68. The lowest BCUT2D eigenvalue weighted by Crippen LogP contribution is -2.11. The fourth-order valence-corrected chi connectivity index (χ4v) is 3.28. The number of rotatable bonds is 3. The molecule has 1 aliphatic rings. The molecule has 1 aliphatic heterocycles. The average Bonchev–Trinajstić information content (AvgIpc) is 3.23. The summed E-state index contributed by atoms with van der Waals surface area (Å²) in [7, 11) is 0. The van der Waals surface area contributed by atoms with Crippen LogP contribution in [0.1, 0.15) is 12.5 Å². The number of nitrogens with two attached hydrogens (primary N) is 1. The van der Waals surface area contributed by atoms with Crippen LogP contribution in [0.25, 0.3) is 22.2 Å². The largest absolute Gasteiger partial charge is 0.379 e. The second-order valence-electron chi connectivity index (χ2n) is 5.52. The Balaban J connectivity index is 1.93. The van der Waals surface area contributed by atoms with E-state index >= 15 is 0 Å². The van der Waals surface area contributed by atoms with Crippen LogP contribution in [-0.2, 0) is 4.74 Å². The molecule has 1 fully saturated rings. The van der Waals surface area contributed by atoms with Crippen molar-refractivity contribution in [3.05, 3.63) is 46.9 Å². The molecule has 4 rings (SSSR count). The summed E-state index contributed by atoms with van der Waals surface area (Å²) in [5.41, 5.74) is 2.32. The van der Waals surface area contributed by atoms with Gasteiger partial charge in [0.25, 0.3) is 5.56 Å². The summed E-state index contributed by atoms with van der Waals surface area (Å²) in [6, 6.07) is 9.82. The van der Waals surface area contributed by atoms with Crippen molar-refractivity contribution in [3.63, 3.8) is 0 Å². The number of benzene rings is 1. The van der Waals surface area contributed by atoms with Crippen molar-refractivity contribution in [2.24, 2.45) is 5.14 Å². The molecule has 3 heterocycles. The van der Waals surface area contributed by atoms with E-state index in [0.717, 1.165) is 29.0 Å². The Bertz CT molecular complexity index is 895. The Morgan fingerprint density at radius 1 is 1.30 bits per heavy atom. The molecule has 7 heteroatoms. The van der Waals surface area contributed by atoms with Crippen molar-refractivity contribution in [2.45, 2.75) is 17.4 Å². The summed E-state index contributed by atoms with van der Waals surface area (Å²) < 4.78 is 7.40. The van der Waals surface area contributed by atoms with Gasteiger partial charge in [-0.3, -0.25) is 14.6 Å². The van der Waals surface area contributed by atoms with Crippen LogP contribution < -0.4 is 10.7 Å². The number of aromatic nitrogens is 3. The van der Waals surface area contributed by atoms with Gasteiger partial charge in [0.2, 0.25) is 0 Å². The van der Waals surface area contributed by atoms with E-state index in [9.17, 15) is 4.79 Å². The van der Waals surface area contributed by atoms with Crippen LogP contribution in [0.5, 0.6) is 0 Å². The third-order valence-corrected chi connectivity index (χ3v) is 4.69. The first-order valence-corrected chi connectivity index (χ1v) is 8.30. The van der Waals surface area contributed by atoms with Gasteiger partial charge in [0.05, 0.1) is 23.6 Å². The number of aromatic amines is 1. The first kappa shape index (κ1) is 14.5. The normalized spacial score (nSPS) is 17.9. The third kappa shape index (κ3) is 2.46. The van der Waals surface area contributed by atoms with Gasteiger partial charge < -0.3 is 9.72 Å². The van der Waals surface area contributed by atoms with Gasteiger partial charge in [-0.1, -0.05) is 12.1 Å². The van der Waals surface area contributed by atoms with E-state index in [1.807, 2.05) is 35.0 Å². The van der Waals surface area contributed by atoms with E-state index in [1.165, 1.54) is 11.9 Å². The first-order valence-electron chi connectivity index (χ1n) is 7.43. The lowest BCUT2D eigenvalue weighted by Gasteiger charge is -2.09. The minimum atomic E-state index is -0.125. The van der Waals surface area contributed by atoms with Gasteiger partial charge in [-0.2, -0.15) is 5.10 Å². The average molecular weight is 328 g/mol. The molecule has 0 saturated carbocycles. The SMILES string of the molecule is NSc1ccc(-c2nn(C3CCOC3)c3cc[nH]c(=O)c23)cc1. The van der Waals surface area contributed by atoms with E-state index in [4.69, 9.17) is 15.0 Å². The number of hydrogen-bond acceptors (Lipinski definition) is 5. The van der Waals surface area contributed by atoms with E-state index in [0.29, 0.717) is 17.7 Å². The van der Waals surface area contributed by atoms with Gasteiger partial charge in [0.15, 0.2) is 0 Å². The summed E-state index contributed by atoms with van der Waals surface area (Å²) in [4.78, 5) is 16.1. The van der Waals surface area contributed by atoms with Crippen LogP contribution in [-0.4, -0.2) is 28.0 Å². The number of ether oxygens (including phenoxy) is 1. The molecule has 3 aromatic rings. The summed E-state index contributed by atoms with van der Waals surface area (Å²) in [6.07, 6.45) is 2.57. The third-order valence-electron chi connectivity index (χ3n) is 4.15. The van der Waals surface area contributed by atoms with Crippen LogP contribution in [0, 0.1) is 0 Å². The first-order chi connectivity index (χ1) is 11.3. The minimum Gasteiger partial charge on any atom is -0.379 e. The Labute approximate surface area is 136 Å². The van der Waals surface area contributed by atoms with E-state index in [1.54, 1.807) is 6.20 Å². The topological polar surface area (TPSA) is 85.9 Å². The van der Waals surface area contributed by atoms with Gasteiger partial charge in [-0.25, -0.2) is 0 Å². The van der Waals surface area contributed by atoms with Crippen LogP contribution in [0.3, 0.4) is 0 Å². The number of fused-ring (bicyclic) bond motifs is 1. The molecule has 0 bridgehead atoms. The van der Waals surface area contributed by atoms with Gasteiger partial charge >= 0.3 is 0 Å². The van der Waals surface area contributed by atoms with Crippen molar-refractivity contribution in [1.29, 1.82) is 0 Å². The van der Waals surface area contributed by atoms with Gasteiger partial charge in [-0.15, -0.1) is 0 Å². The smallest absolute Gasteiger partial charge is 0.259 e. The lowest BCUT2D eigenvalue weighted by molar-refractivity contribution is 0.185. The number of hydrogen-bond donors (Lipinski definition) is 2. The Morgan fingerprint density at radius 3 is 2.83 bits per heavy atom. The maximum absolute atomic E-state index is 12.4. The molecule has 1 unspecified atom stereocenters. The molecule has 2 aromatic heterocycles. The molecule has 1 aromatic carbocycles. The number of nitrogens with zero attached hydrogens (tertiary/aromatic N) is 2. The van der Waals surface area contributed by atoms with Crippen molar-refractivity contribution in [1.82, 2.24) is 14.8 Å². The van der Waals surface area contributed by atoms with E-state index in [-0.39, 0.29) is 11.6 Å². The van der Waals surface area contributed by atoms with E-state index < -0.39 is 0 Å². The molecule has 118 valence electrons. The summed E-state index contributed by atoms with van der Waals surface area (Å²) in [5.74, 6) is 0. The van der Waals surface area contributed by atoms with Crippen LogP contribution in [0.4, 0.5) is 0 Å². The predicted molar refractivity (Wildman–Crippen MR) is 90.3 cm³/mol. The zero-order valence-corrected chi connectivity index (χ0v) is 13.2. The molecular formula is C16H16N4O2S. The minimum absolute atomic E-state index is 0.125. The summed E-state index contributed by atoms with van der Waals surface area (Å²) in [6.45, 7) is 1.36. The fourth-order valence-electron chi connectivity index (χ4n) is 2.99. The lowest BCUT2D eigenvalue weighted by atomic mass is 10.1. The highest BCUT2D eigenvalue weighted by Crippen LogP contribution is 2.30. The molecule has 0 aliphatic carbocycles. The highest BCUT2D eigenvalue weighted by molar-refractivity contribution is 7.97. The highest BCUT2D eigenvalue weighted by atomic mass is 32.2. The predicted octanol–water partition coefficient (Wildman–Crippen LogP) is 2.32.